The molecule has 0 aliphatic carbocycles. The number of aryl methyl sites for hydroxylation is 2. The van der Waals surface area contributed by atoms with Gasteiger partial charge in [-0.1, -0.05) is 19.4 Å². The molecule has 0 spiro atoms. The van der Waals surface area contributed by atoms with Crippen molar-refractivity contribution in [3.05, 3.63) is 86.3 Å². The highest BCUT2D eigenvalue weighted by atomic mass is 16.5. The number of aromatic nitrogens is 2. The second kappa shape index (κ2) is 7.31. The lowest BCUT2D eigenvalue weighted by molar-refractivity contribution is 0.301. The quantitative estimate of drug-likeness (QED) is 0.497. The van der Waals surface area contributed by atoms with E-state index >= 15 is 0 Å². The molecule has 0 aliphatic rings. The van der Waals surface area contributed by atoms with E-state index in [1.807, 2.05) is 31.2 Å². The molecule has 0 fully saturated rings. The maximum atomic E-state index is 12.4. The maximum Gasteiger partial charge on any atom is 0.336 e. The van der Waals surface area contributed by atoms with Crippen LogP contribution < -0.4 is 15.9 Å². The SMILES string of the molecule is CCCc1cc(=O)oc2cc(OCc3cc(=O)n4c(C)cccc4n3)ccc12. The first kappa shape index (κ1) is 18.0. The summed E-state index contributed by atoms with van der Waals surface area (Å²) in [5, 5.41) is 0.909. The Labute approximate surface area is 161 Å². The molecule has 0 saturated carbocycles. The van der Waals surface area contributed by atoms with Gasteiger partial charge in [-0.05, 0) is 43.2 Å². The van der Waals surface area contributed by atoms with Crippen LogP contribution in [0.25, 0.3) is 16.6 Å². The second-order valence-electron chi connectivity index (χ2n) is 6.73. The summed E-state index contributed by atoms with van der Waals surface area (Å²) >= 11 is 0. The van der Waals surface area contributed by atoms with Gasteiger partial charge in [-0.15, -0.1) is 0 Å². The fourth-order valence-corrected chi connectivity index (χ4v) is 3.37. The molecule has 3 heterocycles. The topological polar surface area (TPSA) is 73.8 Å². The van der Waals surface area contributed by atoms with Crippen molar-refractivity contribution in [1.29, 1.82) is 0 Å². The van der Waals surface area contributed by atoms with Crippen molar-refractivity contribution in [1.82, 2.24) is 9.38 Å². The highest BCUT2D eigenvalue weighted by Crippen LogP contribution is 2.24. The minimum absolute atomic E-state index is 0.143. The Morgan fingerprint density at radius 1 is 1.11 bits per heavy atom. The summed E-state index contributed by atoms with van der Waals surface area (Å²) < 4.78 is 12.7. The van der Waals surface area contributed by atoms with Crippen LogP contribution in [0.1, 0.15) is 30.3 Å². The first-order valence-electron chi connectivity index (χ1n) is 9.23. The van der Waals surface area contributed by atoms with E-state index in [-0.39, 0.29) is 17.8 Å². The number of pyridine rings is 1. The normalized spacial score (nSPS) is 11.2. The summed E-state index contributed by atoms with van der Waals surface area (Å²) in [6.45, 7) is 4.07. The third kappa shape index (κ3) is 3.41. The van der Waals surface area contributed by atoms with Gasteiger partial charge in [0.25, 0.3) is 5.56 Å². The monoisotopic (exact) mass is 376 g/mol. The van der Waals surface area contributed by atoms with Gasteiger partial charge in [-0.2, -0.15) is 0 Å². The van der Waals surface area contributed by atoms with E-state index < -0.39 is 0 Å². The first-order chi connectivity index (χ1) is 13.5. The predicted octanol–water partition coefficient (Wildman–Crippen LogP) is 3.64. The molecular weight excluding hydrogens is 356 g/mol. The Kier molecular flexibility index (Phi) is 4.69. The molecule has 6 nitrogen and oxygen atoms in total. The highest BCUT2D eigenvalue weighted by Gasteiger charge is 2.08. The zero-order valence-electron chi connectivity index (χ0n) is 15.8. The van der Waals surface area contributed by atoms with Crippen LogP contribution in [0, 0.1) is 6.92 Å². The van der Waals surface area contributed by atoms with Crippen LogP contribution in [0.4, 0.5) is 0 Å². The highest BCUT2D eigenvalue weighted by molar-refractivity contribution is 5.81. The molecule has 142 valence electrons. The average molecular weight is 376 g/mol. The zero-order chi connectivity index (χ0) is 19.7. The molecule has 4 rings (SSSR count). The van der Waals surface area contributed by atoms with Gasteiger partial charge in [0.1, 0.15) is 23.6 Å². The molecule has 0 bridgehead atoms. The maximum absolute atomic E-state index is 12.4. The first-order valence-corrected chi connectivity index (χ1v) is 9.23. The van der Waals surface area contributed by atoms with Gasteiger partial charge in [0.15, 0.2) is 0 Å². The van der Waals surface area contributed by atoms with E-state index in [4.69, 9.17) is 9.15 Å². The molecule has 0 aliphatic heterocycles. The van der Waals surface area contributed by atoms with E-state index in [1.54, 1.807) is 22.6 Å². The molecular formula is C22H20N2O4. The van der Waals surface area contributed by atoms with Crippen molar-refractivity contribution in [3.63, 3.8) is 0 Å². The molecule has 0 N–H and O–H groups in total. The van der Waals surface area contributed by atoms with Gasteiger partial charge in [-0.25, -0.2) is 9.78 Å². The Bertz CT molecular complexity index is 1290. The van der Waals surface area contributed by atoms with Crippen LogP contribution in [-0.2, 0) is 13.0 Å². The minimum atomic E-state index is -0.368. The summed E-state index contributed by atoms with van der Waals surface area (Å²) in [6.07, 6.45) is 1.76. The lowest BCUT2D eigenvalue weighted by atomic mass is 10.1. The van der Waals surface area contributed by atoms with Crippen molar-refractivity contribution in [2.75, 3.05) is 0 Å². The van der Waals surface area contributed by atoms with Crippen LogP contribution >= 0.6 is 0 Å². The van der Waals surface area contributed by atoms with Crippen LogP contribution in [0.5, 0.6) is 5.75 Å². The molecule has 28 heavy (non-hydrogen) atoms. The Morgan fingerprint density at radius 3 is 2.79 bits per heavy atom. The molecule has 0 radical (unpaired) electrons. The zero-order valence-corrected chi connectivity index (χ0v) is 15.8. The van der Waals surface area contributed by atoms with Crippen LogP contribution in [0.3, 0.4) is 0 Å². The molecule has 1 aromatic carbocycles. The van der Waals surface area contributed by atoms with Crippen molar-refractivity contribution in [2.45, 2.75) is 33.3 Å². The van der Waals surface area contributed by atoms with Crippen LogP contribution in [0.15, 0.2) is 62.5 Å². The number of rotatable bonds is 5. The fraction of sp³-hybridized carbons (Fsp3) is 0.227. The van der Waals surface area contributed by atoms with Crippen molar-refractivity contribution < 1.29 is 9.15 Å². The average Bonchev–Trinajstić information content (AvgIpc) is 2.66. The van der Waals surface area contributed by atoms with Gasteiger partial charge in [0.05, 0.1) is 5.69 Å². The van der Waals surface area contributed by atoms with E-state index in [9.17, 15) is 9.59 Å². The molecule has 3 aromatic heterocycles. The molecule has 4 aromatic rings. The van der Waals surface area contributed by atoms with E-state index in [0.29, 0.717) is 22.7 Å². The van der Waals surface area contributed by atoms with E-state index in [1.165, 1.54) is 6.07 Å². The lowest BCUT2D eigenvalue weighted by Gasteiger charge is -2.09. The lowest BCUT2D eigenvalue weighted by Crippen LogP contribution is -2.18. The van der Waals surface area contributed by atoms with Crippen molar-refractivity contribution in [3.8, 4) is 5.75 Å². The number of nitrogens with zero attached hydrogens (tertiary/aromatic N) is 2. The van der Waals surface area contributed by atoms with E-state index in [0.717, 1.165) is 29.5 Å². The third-order valence-corrected chi connectivity index (χ3v) is 4.64. The number of hydrogen-bond acceptors (Lipinski definition) is 5. The molecule has 6 heteroatoms. The molecule has 0 unspecified atom stereocenters. The Morgan fingerprint density at radius 2 is 1.96 bits per heavy atom. The van der Waals surface area contributed by atoms with Crippen molar-refractivity contribution in [2.24, 2.45) is 0 Å². The summed E-state index contributed by atoms with van der Waals surface area (Å²) in [5.74, 6) is 0.551. The molecule has 0 amide bonds. The number of hydrogen-bond donors (Lipinski definition) is 0. The number of fused-ring (bicyclic) bond motifs is 2. The largest absolute Gasteiger partial charge is 0.487 e. The predicted molar refractivity (Wildman–Crippen MR) is 107 cm³/mol. The van der Waals surface area contributed by atoms with Gasteiger partial charge in [0.2, 0.25) is 0 Å². The smallest absolute Gasteiger partial charge is 0.336 e. The van der Waals surface area contributed by atoms with Gasteiger partial charge >= 0.3 is 5.63 Å². The van der Waals surface area contributed by atoms with E-state index in [2.05, 4.69) is 11.9 Å². The summed E-state index contributed by atoms with van der Waals surface area (Å²) in [7, 11) is 0. The van der Waals surface area contributed by atoms with Gasteiger partial charge < -0.3 is 9.15 Å². The van der Waals surface area contributed by atoms with Crippen molar-refractivity contribution >= 4 is 16.6 Å². The van der Waals surface area contributed by atoms with Gasteiger partial charge in [-0.3, -0.25) is 9.20 Å². The second-order valence-corrected chi connectivity index (χ2v) is 6.73. The minimum Gasteiger partial charge on any atom is -0.487 e. The van der Waals surface area contributed by atoms with Gasteiger partial charge in [0, 0.05) is 29.3 Å². The third-order valence-electron chi connectivity index (χ3n) is 4.64. The number of benzene rings is 1. The Hall–Kier alpha value is -3.41. The Balaban J connectivity index is 1.63. The fourth-order valence-electron chi connectivity index (χ4n) is 3.37. The van der Waals surface area contributed by atoms with Crippen LogP contribution in [-0.4, -0.2) is 9.38 Å². The summed E-state index contributed by atoms with van der Waals surface area (Å²) in [6, 6.07) is 14.0. The standard InChI is InChI=1S/C22H20N2O4/c1-3-5-15-10-22(26)28-19-12-17(8-9-18(15)19)27-13-16-11-21(25)24-14(2)6-4-7-20(24)23-16/h4,6-12H,3,5,13H2,1-2H3. The summed E-state index contributed by atoms with van der Waals surface area (Å²) in [5.41, 5.74) is 2.91. The molecule has 0 atom stereocenters. The van der Waals surface area contributed by atoms with Crippen LogP contribution in [0.2, 0.25) is 0 Å². The molecule has 0 saturated heterocycles. The summed E-state index contributed by atoms with van der Waals surface area (Å²) in [4.78, 5) is 28.7. The number of ether oxygens (including phenoxy) is 1.